The normalized spacial score (nSPS) is 13.4. The SMILES string of the molecule is O=C(Nc1ccc(N2CCOCC2)cc1)c1cccc(-n2nccc2NC(=O)c2cc3ccccc3o2)c1. The first-order valence-electron chi connectivity index (χ1n) is 12.3. The molecule has 190 valence electrons. The van der Waals surface area contributed by atoms with Gasteiger partial charge in [-0.25, -0.2) is 4.68 Å². The molecule has 1 fully saturated rings. The lowest BCUT2D eigenvalue weighted by Gasteiger charge is -2.28. The van der Waals surface area contributed by atoms with Crippen molar-refractivity contribution in [1.29, 1.82) is 0 Å². The number of fused-ring (bicyclic) bond motifs is 1. The fourth-order valence-electron chi connectivity index (χ4n) is 4.43. The number of hydrogen-bond acceptors (Lipinski definition) is 6. The summed E-state index contributed by atoms with van der Waals surface area (Å²) in [6, 6.07) is 25.7. The summed E-state index contributed by atoms with van der Waals surface area (Å²) in [5.41, 5.74) is 3.54. The third-order valence-corrected chi connectivity index (χ3v) is 6.39. The van der Waals surface area contributed by atoms with Crippen molar-refractivity contribution >= 4 is 40.0 Å². The Morgan fingerprint density at radius 3 is 2.42 bits per heavy atom. The summed E-state index contributed by atoms with van der Waals surface area (Å²) in [5.74, 6) is 0.0156. The maximum atomic E-state index is 13.0. The Balaban J connectivity index is 1.16. The van der Waals surface area contributed by atoms with Crippen molar-refractivity contribution in [2.24, 2.45) is 0 Å². The van der Waals surface area contributed by atoms with Crippen LogP contribution in [0.15, 0.2) is 95.5 Å². The number of para-hydroxylation sites is 1. The molecular weight excluding hydrogens is 482 g/mol. The van der Waals surface area contributed by atoms with Crippen LogP contribution in [-0.4, -0.2) is 47.9 Å². The van der Waals surface area contributed by atoms with Crippen molar-refractivity contribution in [1.82, 2.24) is 9.78 Å². The molecule has 0 unspecified atom stereocenters. The van der Waals surface area contributed by atoms with Gasteiger partial charge in [-0.3, -0.25) is 9.59 Å². The summed E-state index contributed by atoms with van der Waals surface area (Å²) < 4.78 is 12.6. The number of ether oxygens (including phenoxy) is 1. The summed E-state index contributed by atoms with van der Waals surface area (Å²) >= 11 is 0. The van der Waals surface area contributed by atoms with E-state index in [4.69, 9.17) is 9.15 Å². The third-order valence-electron chi connectivity index (χ3n) is 6.39. The fourth-order valence-corrected chi connectivity index (χ4v) is 4.43. The first kappa shape index (κ1) is 23.5. The van der Waals surface area contributed by atoms with Crippen LogP contribution in [0.25, 0.3) is 16.7 Å². The van der Waals surface area contributed by atoms with Crippen LogP contribution in [0.4, 0.5) is 17.2 Å². The highest BCUT2D eigenvalue weighted by Gasteiger charge is 2.16. The van der Waals surface area contributed by atoms with E-state index < -0.39 is 5.91 Å². The van der Waals surface area contributed by atoms with Gasteiger partial charge >= 0.3 is 0 Å². The zero-order valence-corrected chi connectivity index (χ0v) is 20.5. The minimum Gasteiger partial charge on any atom is -0.451 e. The summed E-state index contributed by atoms with van der Waals surface area (Å²) in [5, 5.41) is 11.0. The van der Waals surface area contributed by atoms with Gasteiger partial charge in [0.2, 0.25) is 0 Å². The summed E-state index contributed by atoms with van der Waals surface area (Å²) in [6.07, 6.45) is 1.58. The summed E-state index contributed by atoms with van der Waals surface area (Å²) in [6.45, 7) is 3.14. The molecule has 1 aliphatic heterocycles. The molecule has 0 radical (unpaired) electrons. The van der Waals surface area contributed by atoms with Crippen LogP contribution in [0.5, 0.6) is 0 Å². The number of amides is 2. The smallest absolute Gasteiger partial charge is 0.292 e. The Morgan fingerprint density at radius 1 is 0.789 bits per heavy atom. The quantitative estimate of drug-likeness (QED) is 0.337. The van der Waals surface area contributed by atoms with Crippen molar-refractivity contribution in [2.75, 3.05) is 41.8 Å². The van der Waals surface area contributed by atoms with Crippen LogP contribution < -0.4 is 15.5 Å². The van der Waals surface area contributed by atoms with E-state index in [2.05, 4.69) is 20.6 Å². The van der Waals surface area contributed by atoms with E-state index in [1.54, 1.807) is 41.2 Å². The highest BCUT2D eigenvalue weighted by molar-refractivity contribution is 6.05. The Bertz CT molecular complexity index is 1570. The largest absolute Gasteiger partial charge is 0.451 e. The predicted molar refractivity (Wildman–Crippen MR) is 145 cm³/mol. The van der Waals surface area contributed by atoms with Gasteiger partial charge < -0.3 is 24.7 Å². The molecule has 38 heavy (non-hydrogen) atoms. The lowest BCUT2D eigenvalue weighted by molar-refractivity contribution is 0.0995. The van der Waals surface area contributed by atoms with Gasteiger partial charge in [-0.2, -0.15) is 5.10 Å². The number of nitrogens with one attached hydrogen (secondary N) is 2. The zero-order valence-electron chi connectivity index (χ0n) is 20.5. The number of nitrogens with zero attached hydrogens (tertiary/aromatic N) is 3. The minimum absolute atomic E-state index is 0.201. The number of benzene rings is 3. The van der Waals surface area contributed by atoms with Gasteiger partial charge in [0, 0.05) is 41.5 Å². The molecule has 6 rings (SSSR count). The van der Waals surface area contributed by atoms with E-state index in [1.165, 1.54) is 0 Å². The molecule has 0 spiro atoms. The monoisotopic (exact) mass is 507 g/mol. The topological polar surface area (TPSA) is 102 Å². The lowest BCUT2D eigenvalue weighted by Crippen LogP contribution is -2.36. The molecule has 9 heteroatoms. The van der Waals surface area contributed by atoms with E-state index in [9.17, 15) is 9.59 Å². The summed E-state index contributed by atoms with van der Waals surface area (Å²) in [7, 11) is 0. The first-order chi connectivity index (χ1) is 18.6. The molecule has 2 aromatic heterocycles. The molecule has 0 bridgehead atoms. The van der Waals surface area contributed by atoms with Crippen LogP contribution in [0.3, 0.4) is 0 Å². The molecule has 0 atom stereocenters. The standard InChI is InChI=1S/C29H25N5O4/c35-28(31-22-8-10-23(11-9-22)33-14-16-37-17-15-33)21-5-3-6-24(18-21)34-27(12-13-30-34)32-29(36)26-19-20-4-1-2-7-25(20)38-26/h1-13,18-19H,14-17H2,(H,31,35)(H,32,36). The number of aromatic nitrogens is 2. The van der Waals surface area contributed by atoms with E-state index in [0.29, 0.717) is 28.3 Å². The molecule has 0 saturated carbocycles. The van der Waals surface area contributed by atoms with Crippen molar-refractivity contribution < 1.29 is 18.7 Å². The Kier molecular flexibility index (Phi) is 6.33. The molecule has 2 N–H and O–H groups in total. The molecular formula is C29H25N5O4. The third kappa shape index (κ3) is 4.87. The van der Waals surface area contributed by atoms with Crippen LogP contribution in [0.2, 0.25) is 0 Å². The summed E-state index contributed by atoms with van der Waals surface area (Å²) in [4.78, 5) is 28.1. The minimum atomic E-state index is -0.391. The van der Waals surface area contributed by atoms with Gasteiger partial charge in [0.25, 0.3) is 11.8 Å². The average molecular weight is 508 g/mol. The number of furan rings is 1. The Hall–Kier alpha value is -4.89. The lowest BCUT2D eigenvalue weighted by atomic mass is 10.1. The highest BCUT2D eigenvalue weighted by Crippen LogP contribution is 2.23. The van der Waals surface area contributed by atoms with Gasteiger partial charge in [0.15, 0.2) is 5.76 Å². The molecule has 3 heterocycles. The van der Waals surface area contributed by atoms with Crippen molar-refractivity contribution in [3.8, 4) is 5.69 Å². The Morgan fingerprint density at radius 2 is 1.61 bits per heavy atom. The molecule has 5 aromatic rings. The number of morpholine rings is 1. The molecule has 1 saturated heterocycles. The number of carbonyl (C=O) groups is 2. The molecule has 9 nitrogen and oxygen atoms in total. The van der Waals surface area contributed by atoms with Gasteiger partial charge in [-0.05, 0) is 54.6 Å². The van der Waals surface area contributed by atoms with Gasteiger partial charge in [0.05, 0.1) is 25.1 Å². The Labute approximate surface area is 218 Å². The number of anilines is 3. The van der Waals surface area contributed by atoms with Crippen molar-refractivity contribution in [2.45, 2.75) is 0 Å². The second kappa shape index (κ2) is 10.2. The van der Waals surface area contributed by atoms with E-state index in [0.717, 1.165) is 37.4 Å². The van der Waals surface area contributed by atoms with Crippen LogP contribution >= 0.6 is 0 Å². The molecule has 3 aromatic carbocycles. The second-order valence-corrected chi connectivity index (χ2v) is 8.88. The van der Waals surface area contributed by atoms with Crippen LogP contribution in [-0.2, 0) is 4.74 Å². The van der Waals surface area contributed by atoms with Gasteiger partial charge in [0.1, 0.15) is 11.4 Å². The molecule has 1 aliphatic rings. The number of carbonyl (C=O) groups excluding carboxylic acids is 2. The first-order valence-corrected chi connectivity index (χ1v) is 12.3. The van der Waals surface area contributed by atoms with Gasteiger partial charge in [-0.1, -0.05) is 24.3 Å². The van der Waals surface area contributed by atoms with E-state index in [1.807, 2.05) is 54.6 Å². The van der Waals surface area contributed by atoms with Crippen LogP contribution in [0, 0.1) is 0 Å². The molecule has 0 aliphatic carbocycles. The highest BCUT2D eigenvalue weighted by atomic mass is 16.5. The second-order valence-electron chi connectivity index (χ2n) is 8.88. The number of rotatable bonds is 6. The zero-order chi connectivity index (χ0) is 25.9. The molecule has 2 amide bonds. The number of hydrogen-bond donors (Lipinski definition) is 2. The van der Waals surface area contributed by atoms with E-state index >= 15 is 0 Å². The van der Waals surface area contributed by atoms with Crippen LogP contribution in [0.1, 0.15) is 20.9 Å². The van der Waals surface area contributed by atoms with E-state index in [-0.39, 0.29) is 11.7 Å². The predicted octanol–water partition coefficient (Wildman–Crippen LogP) is 4.96. The van der Waals surface area contributed by atoms with Gasteiger partial charge in [-0.15, -0.1) is 0 Å². The maximum absolute atomic E-state index is 13.0. The fraction of sp³-hybridized carbons (Fsp3) is 0.138. The van der Waals surface area contributed by atoms with Crippen molar-refractivity contribution in [3.05, 3.63) is 102 Å². The maximum Gasteiger partial charge on any atom is 0.292 e. The average Bonchev–Trinajstić information content (AvgIpc) is 3.61. The van der Waals surface area contributed by atoms with Crippen molar-refractivity contribution in [3.63, 3.8) is 0 Å².